The van der Waals surface area contributed by atoms with Crippen molar-refractivity contribution >= 4 is 11.5 Å². The van der Waals surface area contributed by atoms with E-state index in [1.165, 1.54) is 22.3 Å². The molecule has 0 saturated carbocycles. The number of allylic oxidation sites excluding steroid dienone is 1. The lowest BCUT2D eigenvalue weighted by Crippen LogP contribution is -2.13. The lowest BCUT2D eigenvalue weighted by atomic mass is 9.94. The number of fused-ring (bicyclic) bond motifs is 1. The van der Waals surface area contributed by atoms with Crippen molar-refractivity contribution in [2.24, 2.45) is 11.8 Å². The SMILES string of the molecule is C=C1c2cccc(CC(C)C(=O)O)c2CC1C. The van der Waals surface area contributed by atoms with Gasteiger partial charge < -0.3 is 5.11 Å². The second kappa shape index (κ2) is 4.36. The van der Waals surface area contributed by atoms with Crippen LogP contribution in [-0.2, 0) is 17.6 Å². The molecule has 0 heterocycles. The quantitative estimate of drug-likeness (QED) is 0.866. The first-order chi connectivity index (χ1) is 8.00. The summed E-state index contributed by atoms with van der Waals surface area (Å²) < 4.78 is 0. The van der Waals surface area contributed by atoms with Gasteiger partial charge in [0.05, 0.1) is 5.92 Å². The molecule has 2 heteroatoms. The van der Waals surface area contributed by atoms with E-state index in [0.717, 1.165) is 6.42 Å². The summed E-state index contributed by atoms with van der Waals surface area (Å²) in [7, 11) is 0. The number of hydrogen-bond donors (Lipinski definition) is 1. The minimum absolute atomic E-state index is 0.328. The fraction of sp³-hybridized carbons (Fsp3) is 0.400. The Bertz CT molecular complexity index is 474. The Morgan fingerprint density at radius 3 is 2.94 bits per heavy atom. The van der Waals surface area contributed by atoms with Crippen molar-refractivity contribution in [3.63, 3.8) is 0 Å². The van der Waals surface area contributed by atoms with Crippen LogP contribution in [0.25, 0.3) is 5.57 Å². The van der Waals surface area contributed by atoms with Gasteiger partial charge in [-0.3, -0.25) is 4.79 Å². The molecule has 0 aliphatic heterocycles. The van der Waals surface area contributed by atoms with Gasteiger partial charge in [-0.2, -0.15) is 0 Å². The molecule has 2 atom stereocenters. The second-order valence-corrected chi connectivity index (χ2v) is 5.02. The number of aliphatic carboxylic acids is 1. The van der Waals surface area contributed by atoms with Gasteiger partial charge in [-0.05, 0) is 41.0 Å². The van der Waals surface area contributed by atoms with E-state index < -0.39 is 5.97 Å². The summed E-state index contributed by atoms with van der Waals surface area (Å²) >= 11 is 0. The van der Waals surface area contributed by atoms with Crippen LogP contribution in [0.3, 0.4) is 0 Å². The Morgan fingerprint density at radius 1 is 1.59 bits per heavy atom. The summed E-state index contributed by atoms with van der Waals surface area (Å²) in [6.45, 7) is 8.05. The van der Waals surface area contributed by atoms with Crippen LogP contribution in [0, 0.1) is 11.8 Å². The van der Waals surface area contributed by atoms with E-state index in [1.807, 2.05) is 12.1 Å². The normalized spacial score (nSPS) is 20.1. The van der Waals surface area contributed by atoms with Crippen molar-refractivity contribution in [3.8, 4) is 0 Å². The van der Waals surface area contributed by atoms with Gasteiger partial charge in [0.1, 0.15) is 0 Å². The zero-order valence-electron chi connectivity index (χ0n) is 10.4. The first-order valence-electron chi connectivity index (χ1n) is 6.03. The highest BCUT2D eigenvalue weighted by molar-refractivity contribution is 5.74. The highest BCUT2D eigenvalue weighted by Crippen LogP contribution is 2.37. The lowest BCUT2D eigenvalue weighted by Gasteiger charge is -2.11. The van der Waals surface area contributed by atoms with Crippen LogP contribution in [0.1, 0.15) is 30.5 Å². The fourth-order valence-corrected chi connectivity index (χ4v) is 2.48. The van der Waals surface area contributed by atoms with Crippen LogP contribution in [0.4, 0.5) is 0 Å². The molecule has 1 aromatic carbocycles. The second-order valence-electron chi connectivity index (χ2n) is 5.02. The standard InChI is InChI=1S/C15H18O2/c1-9-8-14-12(7-10(2)15(16)17)5-4-6-13(14)11(9)3/h4-6,9-10H,3,7-8H2,1-2H3,(H,16,17). The summed E-state index contributed by atoms with van der Waals surface area (Å²) in [5, 5.41) is 8.98. The molecule has 0 spiro atoms. The van der Waals surface area contributed by atoms with E-state index in [9.17, 15) is 4.79 Å². The molecule has 1 aliphatic rings. The van der Waals surface area contributed by atoms with Gasteiger partial charge >= 0.3 is 5.97 Å². The third-order valence-electron chi connectivity index (χ3n) is 3.67. The van der Waals surface area contributed by atoms with Crippen LogP contribution >= 0.6 is 0 Å². The molecule has 2 rings (SSSR count). The molecule has 0 amide bonds. The maximum Gasteiger partial charge on any atom is 0.306 e. The Hall–Kier alpha value is -1.57. The molecular formula is C15H18O2. The smallest absolute Gasteiger partial charge is 0.306 e. The summed E-state index contributed by atoms with van der Waals surface area (Å²) in [5.74, 6) is -0.579. The van der Waals surface area contributed by atoms with Crippen LogP contribution in [0.5, 0.6) is 0 Å². The molecule has 0 radical (unpaired) electrons. The van der Waals surface area contributed by atoms with Crippen molar-refractivity contribution in [2.45, 2.75) is 26.7 Å². The third-order valence-corrected chi connectivity index (χ3v) is 3.67. The largest absolute Gasteiger partial charge is 0.481 e. The number of carboxylic acid groups (broad SMARTS) is 1. The van der Waals surface area contributed by atoms with Crippen LogP contribution < -0.4 is 0 Å². The Labute approximate surface area is 102 Å². The molecule has 17 heavy (non-hydrogen) atoms. The van der Waals surface area contributed by atoms with E-state index in [1.54, 1.807) is 6.92 Å². The fourth-order valence-electron chi connectivity index (χ4n) is 2.48. The predicted octanol–water partition coefficient (Wildman–Crippen LogP) is 3.16. The number of benzene rings is 1. The van der Waals surface area contributed by atoms with Crippen molar-refractivity contribution in [1.82, 2.24) is 0 Å². The van der Waals surface area contributed by atoms with E-state index in [-0.39, 0.29) is 5.92 Å². The first kappa shape index (κ1) is 11.9. The van der Waals surface area contributed by atoms with Gasteiger partial charge in [0.15, 0.2) is 0 Å². The zero-order chi connectivity index (χ0) is 12.6. The summed E-state index contributed by atoms with van der Waals surface area (Å²) in [6.07, 6.45) is 1.61. The van der Waals surface area contributed by atoms with Crippen molar-refractivity contribution in [1.29, 1.82) is 0 Å². The molecular weight excluding hydrogens is 212 g/mol. The average molecular weight is 230 g/mol. The molecule has 0 aromatic heterocycles. The summed E-state index contributed by atoms with van der Waals surface area (Å²) in [4.78, 5) is 10.9. The minimum atomic E-state index is -0.729. The van der Waals surface area contributed by atoms with E-state index >= 15 is 0 Å². The van der Waals surface area contributed by atoms with Gasteiger partial charge in [0.2, 0.25) is 0 Å². The van der Waals surface area contributed by atoms with Crippen LogP contribution in [-0.4, -0.2) is 11.1 Å². The third kappa shape index (κ3) is 2.12. The molecule has 0 bridgehead atoms. The van der Waals surface area contributed by atoms with Crippen molar-refractivity contribution < 1.29 is 9.90 Å². The lowest BCUT2D eigenvalue weighted by molar-refractivity contribution is -0.141. The summed E-state index contributed by atoms with van der Waals surface area (Å²) in [6, 6.07) is 6.14. The molecule has 0 fully saturated rings. The van der Waals surface area contributed by atoms with Gasteiger partial charge in [-0.15, -0.1) is 0 Å². The van der Waals surface area contributed by atoms with Crippen LogP contribution in [0.2, 0.25) is 0 Å². The van der Waals surface area contributed by atoms with Crippen molar-refractivity contribution in [3.05, 3.63) is 41.5 Å². The van der Waals surface area contributed by atoms with Gasteiger partial charge in [-0.1, -0.05) is 38.6 Å². The Balaban J connectivity index is 2.33. The van der Waals surface area contributed by atoms with E-state index in [0.29, 0.717) is 12.3 Å². The maximum absolute atomic E-state index is 10.9. The number of carboxylic acids is 1. The van der Waals surface area contributed by atoms with E-state index in [4.69, 9.17) is 5.11 Å². The molecule has 1 aliphatic carbocycles. The minimum Gasteiger partial charge on any atom is -0.481 e. The molecule has 2 unspecified atom stereocenters. The van der Waals surface area contributed by atoms with E-state index in [2.05, 4.69) is 19.6 Å². The first-order valence-corrected chi connectivity index (χ1v) is 6.03. The van der Waals surface area contributed by atoms with Crippen molar-refractivity contribution in [2.75, 3.05) is 0 Å². The summed E-state index contributed by atoms with van der Waals surface area (Å²) in [5.41, 5.74) is 4.89. The molecule has 1 N–H and O–H groups in total. The number of rotatable bonds is 3. The highest BCUT2D eigenvalue weighted by atomic mass is 16.4. The van der Waals surface area contributed by atoms with Gasteiger partial charge in [-0.25, -0.2) is 0 Å². The Morgan fingerprint density at radius 2 is 2.29 bits per heavy atom. The molecule has 1 aromatic rings. The monoisotopic (exact) mass is 230 g/mol. The zero-order valence-corrected chi connectivity index (χ0v) is 10.4. The Kier molecular flexibility index (Phi) is 3.05. The van der Waals surface area contributed by atoms with Gasteiger partial charge in [0.25, 0.3) is 0 Å². The topological polar surface area (TPSA) is 37.3 Å². The molecule has 90 valence electrons. The predicted molar refractivity (Wildman–Crippen MR) is 68.8 cm³/mol. The number of carbonyl (C=O) groups is 1. The van der Waals surface area contributed by atoms with Crippen LogP contribution in [0.15, 0.2) is 24.8 Å². The molecule has 0 saturated heterocycles. The number of hydrogen-bond acceptors (Lipinski definition) is 1. The highest BCUT2D eigenvalue weighted by Gasteiger charge is 2.25. The maximum atomic E-state index is 10.9. The average Bonchev–Trinajstić information content (AvgIpc) is 2.57. The van der Waals surface area contributed by atoms with Gasteiger partial charge in [0, 0.05) is 0 Å². The molecule has 2 nitrogen and oxygen atoms in total.